The summed E-state index contributed by atoms with van der Waals surface area (Å²) in [5.41, 5.74) is 0.412. The summed E-state index contributed by atoms with van der Waals surface area (Å²) in [6.45, 7) is 5.10. The van der Waals surface area contributed by atoms with Crippen molar-refractivity contribution < 1.29 is 5.11 Å². The zero-order valence-electron chi connectivity index (χ0n) is 15.3. The van der Waals surface area contributed by atoms with Crippen LogP contribution in [0.1, 0.15) is 12.1 Å². The molecular weight excluding hydrogens is 340 g/mol. The van der Waals surface area contributed by atoms with Crippen molar-refractivity contribution >= 4 is 11.6 Å². The van der Waals surface area contributed by atoms with Gasteiger partial charge in [-0.15, -0.1) is 0 Å². The van der Waals surface area contributed by atoms with Crippen LogP contribution in [0, 0.1) is 11.3 Å². The van der Waals surface area contributed by atoms with Gasteiger partial charge in [-0.05, 0) is 30.7 Å². The van der Waals surface area contributed by atoms with E-state index >= 15 is 0 Å². The van der Waals surface area contributed by atoms with Crippen LogP contribution >= 0.6 is 0 Å². The predicted molar refractivity (Wildman–Crippen MR) is 104 cm³/mol. The molecule has 0 spiro atoms. The fourth-order valence-electron chi connectivity index (χ4n) is 4.04. The van der Waals surface area contributed by atoms with E-state index in [0.29, 0.717) is 12.2 Å². The van der Waals surface area contributed by atoms with Crippen molar-refractivity contribution in [1.82, 2.24) is 14.9 Å². The van der Waals surface area contributed by atoms with Crippen LogP contribution in [-0.2, 0) is 0 Å². The Bertz CT molecular complexity index is 800. The van der Waals surface area contributed by atoms with E-state index in [2.05, 4.69) is 30.7 Å². The predicted octanol–water partition coefficient (Wildman–Crippen LogP) is 1.11. The van der Waals surface area contributed by atoms with Crippen molar-refractivity contribution in [3.8, 4) is 6.07 Å². The quantitative estimate of drug-likeness (QED) is 0.874. The third-order valence-electron chi connectivity index (χ3n) is 5.48. The Morgan fingerprint density at radius 2 is 1.78 bits per heavy atom. The highest BCUT2D eigenvalue weighted by molar-refractivity contribution is 5.42. The van der Waals surface area contributed by atoms with E-state index in [0.717, 1.165) is 50.8 Å². The minimum atomic E-state index is -0.423. The molecule has 2 aromatic heterocycles. The summed E-state index contributed by atoms with van der Waals surface area (Å²) in [6, 6.07) is 13.7. The Labute approximate surface area is 159 Å². The zero-order chi connectivity index (χ0) is 18.6. The number of aromatic nitrogens is 2. The molecular formula is C20H24N6O. The minimum absolute atomic E-state index is 0.172. The molecule has 0 unspecified atom stereocenters. The van der Waals surface area contributed by atoms with Crippen LogP contribution < -0.4 is 9.80 Å². The van der Waals surface area contributed by atoms with Crippen LogP contribution in [0.2, 0.25) is 0 Å². The summed E-state index contributed by atoms with van der Waals surface area (Å²) < 4.78 is 0. The lowest BCUT2D eigenvalue weighted by Crippen LogP contribution is -2.59. The van der Waals surface area contributed by atoms with Gasteiger partial charge in [-0.1, -0.05) is 12.1 Å². The number of rotatable bonds is 3. The molecule has 0 amide bonds. The van der Waals surface area contributed by atoms with Gasteiger partial charge in [0, 0.05) is 51.5 Å². The molecule has 0 radical (unpaired) electrons. The second kappa shape index (κ2) is 7.91. The molecule has 0 saturated carbocycles. The summed E-state index contributed by atoms with van der Waals surface area (Å²) in [5, 5.41) is 19.8. The summed E-state index contributed by atoms with van der Waals surface area (Å²) >= 11 is 0. The summed E-state index contributed by atoms with van der Waals surface area (Å²) in [4.78, 5) is 15.6. The molecule has 0 aliphatic carbocycles. The van der Waals surface area contributed by atoms with Crippen LogP contribution in [0.15, 0.2) is 42.6 Å². The van der Waals surface area contributed by atoms with Gasteiger partial charge in [0.2, 0.25) is 0 Å². The molecule has 0 aromatic carbocycles. The number of anilines is 2. The van der Waals surface area contributed by atoms with Gasteiger partial charge in [0.05, 0.1) is 6.10 Å². The summed E-state index contributed by atoms with van der Waals surface area (Å²) in [7, 11) is 0. The third-order valence-corrected chi connectivity index (χ3v) is 5.48. The second-order valence-corrected chi connectivity index (χ2v) is 7.07. The maximum absolute atomic E-state index is 10.8. The first-order valence-corrected chi connectivity index (χ1v) is 9.45. The van der Waals surface area contributed by atoms with Crippen LogP contribution in [0.4, 0.5) is 11.6 Å². The van der Waals surface area contributed by atoms with Crippen LogP contribution in [0.25, 0.3) is 0 Å². The van der Waals surface area contributed by atoms with Crippen molar-refractivity contribution in [1.29, 1.82) is 5.26 Å². The Kier molecular flexibility index (Phi) is 5.19. The first-order chi connectivity index (χ1) is 13.2. The molecule has 27 heavy (non-hydrogen) atoms. The van der Waals surface area contributed by atoms with Gasteiger partial charge >= 0.3 is 0 Å². The first-order valence-electron chi connectivity index (χ1n) is 9.45. The molecule has 2 aliphatic heterocycles. The zero-order valence-corrected chi connectivity index (χ0v) is 15.3. The molecule has 140 valence electrons. The van der Waals surface area contributed by atoms with E-state index in [9.17, 15) is 5.11 Å². The largest absolute Gasteiger partial charge is 0.390 e. The normalized spacial score (nSPS) is 23.9. The van der Waals surface area contributed by atoms with Crippen molar-refractivity contribution in [3.63, 3.8) is 0 Å². The van der Waals surface area contributed by atoms with E-state index < -0.39 is 6.10 Å². The van der Waals surface area contributed by atoms with E-state index in [1.807, 2.05) is 36.5 Å². The lowest BCUT2D eigenvalue weighted by Gasteiger charge is -2.45. The van der Waals surface area contributed by atoms with Crippen molar-refractivity contribution in [2.75, 3.05) is 49.1 Å². The second-order valence-electron chi connectivity index (χ2n) is 7.07. The van der Waals surface area contributed by atoms with Crippen molar-refractivity contribution in [2.24, 2.45) is 0 Å². The molecule has 2 saturated heterocycles. The van der Waals surface area contributed by atoms with Gasteiger partial charge in [-0.25, -0.2) is 9.97 Å². The number of aliphatic hydroxyl groups is 1. The number of pyridine rings is 2. The minimum Gasteiger partial charge on any atom is -0.390 e. The average molecular weight is 364 g/mol. The smallest absolute Gasteiger partial charge is 0.142 e. The number of nitrogens with zero attached hydrogens (tertiary/aromatic N) is 6. The third kappa shape index (κ3) is 3.87. The molecule has 4 heterocycles. The Morgan fingerprint density at radius 3 is 2.48 bits per heavy atom. The van der Waals surface area contributed by atoms with Crippen LogP contribution in [-0.4, -0.2) is 71.4 Å². The highest BCUT2D eigenvalue weighted by Gasteiger charge is 2.34. The number of hydrogen-bond acceptors (Lipinski definition) is 7. The van der Waals surface area contributed by atoms with Crippen LogP contribution in [0.3, 0.4) is 0 Å². The molecule has 2 aromatic rings. The number of piperazine rings is 1. The molecule has 2 fully saturated rings. The Hall–Kier alpha value is -2.69. The molecule has 1 N–H and O–H groups in total. The Morgan fingerprint density at radius 1 is 0.963 bits per heavy atom. The number of nitriles is 1. The number of β-amino-alcohol motifs (C(OH)–C–C–N with tert-alkyl or cyclic N) is 1. The van der Waals surface area contributed by atoms with E-state index in [1.165, 1.54) is 0 Å². The fourth-order valence-corrected chi connectivity index (χ4v) is 4.04. The number of piperidine rings is 1. The maximum atomic E-state index is 10.8. The molecule has 2 aliphatic rings. The number of hydrogen-bond donors (Lipinski definition) is 1. The summed E-state index contributed by atoms with van der Waals surface area (Å²) in [5.74, 6) is 1.79. The van der Waals surface area contributed by atoms with Gasteiger partial charge in [-0.3, -0.25) is 4.90 Å². The fraction of sp³-hybridized carbons (Fsp3) is 0.450. The van der Waals surface area contributed by atoms with Crippen LogP contribution in [0.5, 0.6) is 0 Å². The molecule has 4 rings (SSSR count). The van der Waals surface area contributed by atoms with Crippen molar-refractivity contribution in [3.05, 3.63) is 48.3 Å². The standard InChI is InChI=1S/C20H24N6O/c21-14-16-4-3-6-20(23-16)26-9-7-17(18(27)15-26)24-10-12-25(13-11-24)19-5-1-2-8-22-19/h1-6,8,17-18,27H,7,9-13,15H2/t17-,18-/m1/s1. The maximum Gasteiger partial charge on any atom is 0.142 e. The SMILES string of the molecule is N#Cc1cccc(N2CC[C@@H](N3CCN(c4ccccn4)CC3)[C@H](O)C2)n1. The monoisotopic (exact) mass is 364 g/mol. The average Bonchev–Trinajstić information content (AvgIpc) is 2.74. The van der Waals surface area contributed by atoms with Gasteiger partial charge in [0.1, 0.15) is 23.4 Å². The van der Waals surface area contributed by atoms with E-state index in [-0.39, 0.29) is 6.04 Å². The van der Waals surface area contributed by atoms with Gasteiger partial charge in [0.15, 0.2) is 0 Å². The molecule has 0 bridgehead atoms. The Balaban J connectivity index is 1.35. The highest BCUT2D eigenvalue weighted by Crippen LogP contribution is 2.23. The number of aliphatic hydroxyl groups excluding tert-OH is 1. The molecule has 7 nitrogen and oxygen atoms in total. The molecule has 7 heteroatoms. The topological polar surface area (TPSA) is 79.5 Å². The first kappa shape index (κ1) is 17.7. The van der Waals surface area contributed by atoms with Gasteiger partial charge in [-0.2, -0.15) is 5.26 Å². The summed E-state index contributed by atoms with van der Waals surface area (Å²) in [6.07, 6.45) is 2.30. The van der Waals surface area contributed by atoms with E-state index in [4.69, 9.17) is 5.26 Å². The van der Waals surface area contributed by atoms with E-state index in [1.54, 1.807) is 6.07 Å². The lowest BCUT2D eigenvalue weighted by atomic mass is 9.99. The highest BCUT2D eigenvalue weighted by atomic mass is 16.3. The van der Waals surface area contributed by atoms with Gasteiger partial charge < -0.3 is 14.9 Å². The lowest BCUT2D eigenvalue weighted by molar-refractivity contribution is 0.0336. The van der Waals surface area contributed by atoms with Gasteiger partial charge in [0.25, 0.3) is 0 Å². The van der Waals surface area contributed by atoms with Crippen molar-refractivity contribution in [2.45, 2.75) is 18.6 Å². The molecule has 2 atom stereocenters.